The fourth-order valence-electron chi connectivity index (χ4n) is 1.41. The van der Waals surface area contributed by atoms with Gasteiger partial charge in [0.25, 0.3) is 0 Å². The van der Waals surface area contributed by atoms with Crippen molar-refractivity contribution in [2.45, 2.75) is 23.6 Å². The SMILES string of the molecule is CC(C)CNCCSc1ccc(S(C)(=O)=O)cc1. The zero-order valence-electron chi connectivity index (χ0n) is 11.1. The van der Waals surface area contributed by atoms with E-state index < -0.39 is 9.84 Å². The molecule has 0 aliphatic carbocycles. The zero-order valence-corrected chi connectivity index (χ0v) is 12.8. The molecular formula is C13H21NO2S2. The van der Waals surface area contributed by atoms with Gasteiger partial charge in [0.05, 0.1) is 4.90 Å². The average Bonchev–Trinajstić information content (AvgIpc) is 2.27. The molecule has 0 heterocycles. The van der Waals surface area contributed by atoms with Crippen molar-refractivity contribution in [2.24, 2.45) is 5.92 Å². The van der Waals surface area contributed by atoms with Crippen LogP contribution in [0.1, 0.15) is 13.8 Å². The molecule has 3 nitrogen and oxygen atoms in total. The van der Waals surface area contributed by atoms with Gasteiger partial charge >= 0.3 is 0 Å². The summed E-state index contributed by atoms with van der Waals surface area (Å²) in [6, 6.07) is 7.06. The molecule has 0 bridgehead atoms. The molecule has 0 atom stereocenters. The molecule has 5 heteroatoms. The molecule has 1 aromatic carbocycles. The maximum Gasteiger partial charge on any atom is 0.175 e. The number of sulfone groups is 1. The minimum Gasteiger partial charge on any atom is -0.316 e. The first-order valence-corrected chi connectivity index (χ1v) is 8.91. The molecule has 18 heavy (non-hydrogen) atoms. The van der Waals surface area contributed by atoms with E-state index in [1.807, 2.05) is 12.1 Å². The van der Waals surface area contributed by atoms with E-state index in [9.17, 15) is 8.42 Å². The zero-order chi connectivity index (χ0) is 13.6. The summed E-state index contributed by atoms with van der Waals surface area (Å²) in [5.41, 5.74) is 0. The second-order valence-corrected chi connectivity index (χ2v) is 7.87. The molecule has 0 saturated carbocycles. The number of rotatable bonds is 7. The smallest absolute Gasteiger partial charge is 0.175 e. The van der Waals surface area contributed by atoms with Crippen LogP contribution in [0.4, 0.5) is 0 Å². The van der Waals surface area contributed by atoms with Crippen molar-refractivity contribution in [3.05, 3.63) is 24.3 Å². The van der Waals surface area contributed by atoms with Crippen molar-refractivity contribution in [1.82, 2.24) is 5.32 Å². The van der Waals surface area contributed by atoms with Crippen molar-refractivity contribution in [1.29, 1.82) is 0 Å². The predicted octanol–water partition coefficient (Wildman–Crippen LogP) is 2.43. The molecule has 0 aliphatic heterocycles. The van der Waals surface area contributed by atoms with E-state index >= 15 is 0 Å². The average molecular weight is 287 g/mol. The first-order chi connectivity index (χ1) is 8.39. The molecule has 102 valence electrons. The predicted molar refractivity (Wildman–Crippen MR) is 78.0 cm³/mol. The van der Waals surface area contributed by atoms with Gasteiger partial charge in [-0.2, -0.15) is 0 Å². The monoisotopic (exact) mass is 287 g/mol. The van der Waals surface area contributed by atoms with Crippen LogP contribution in [-0.4, -0.2) is 33.5 Å². The van der Waals surface area contributed by atoms with Crippen LogP contribution in [0.5, 0.6) is 0 Å². The molecule has 0 aromatic heterocycles. The van der Waals surface area contributed by atoms with Crippen molar-refractivity contribution >= 4 is 21.6 Å². The number of thioether (sulfide) groups is 1. The molecule has 1 aromatic rings. The van der Waals surface area contributed by atoms with Gasteiger partial charge < -0.3 is 5.32 Å². The first kappa shape index (κ1) is 15.5. The third-order valence-corrected chi connectivity index (χ3v) is 4.49. The van der Waals surface area contributed by atoms with Crippen molar-refractivity contribution in [3.63, 3.8) is 0 Å². The highest BCUT2D eigenvalue weighted by Crippen LogP contribution is 2.19. The van der Waals surface area contributed by atoms with Gasteiger partial charge in [-0.1, -0.05) is 13.8 Å². The Labute approximate surface area is 114 Å². The van der Waals surface area contributed by atoms with E-state index in [1.54, 1.807) is 23.9 Å². The Bertz CT molecular complexity index is 452. The van der Waals surface area contributed by atoms with Crippen LogP contribution in [0, 0.1) is 5.92 Å². The van der Waals surface area contributed by atoms with Gasteiger partial charge in [-0.05, 0) is 36.7 Å². The van der Waals surface area contributed by atoms with Crippen LogP contribution >= 0.6 is 11.8 Å². The van der Waals surface area contributed by atoms with E-state index in [-0.39, 0.29) is 0 Å². The second kappa shape index (κ2) is 7.16. The Morgan fingerprint density at radius 1 is 1.22 bits per heavy atom. The number of hydrogen-bond donors (Lipinski definition) is 1. The highest BCUT2D eigenvalue weighted by atomic mass is 32.2. The van der Waals surface area contributed by atoms with E-state index in [4.69, 9.17) is 0 Å². The summed E-state index contributed by atoms with van der Waals surface area (Å²) in [5, 5.41) is 3.37. The van der Waals surface area contributed by atoms with Crippen LogP contribution < -0.4 is 5.32 Å². The van der Waals surface area contributed by atoms with Crippen LogP contribution in [-0.2, 0) is 9.84 Å². The number of hydrogen-bond acceptors (Lipinski definition) is 4. The van der Waals surface area contributed by atoms with Gasteiger partial charge in [-0.25, -0.2) is 8.42 Å². The quantitative estimate of drug-likeness (QED) is 0.618. The van der Waals surface area contributed by atoms with Crippen LogP contribution in [0.15, 0.2) is 34.1 Å². The molecule has 0 fully saturated rings. The lowest BCUT2D eigenvalue weighted by atomic mass is 10.2. The van der Waals surface area contributed by atoms with Crippen LogP contribution in [0.25, 0.3) is 0 Å². The third-order valence-electron chi connectivity index (χ3n) is 2.35. The largest absolute Gasteiger partial charge is 0.316 e. The Morgan fingerprint density at radius 2 is 1.83 bits per heavy atom. The Hall–Kier alpha value is -0.520. The molecule has 0 aliphatic rings. The van der Waals surface area contributed by atoms with Crippen LogP contribution in [0.2, 0.25) is 0 Å². The third kappa shape index (κ3) is 5.89. The summed E-state index contributed by atoms with van der Waals surface area (Å²) < 4.78 is 22.6. The van der Waals surface area contributed by atoms with Gasteiger partial charge in [-0.15, -0.1) is 11.8 Å². The molecule has 0 saturated heterocycles. The molecule has 1 N–H and O–H groups in total. The van der Waals surface area contributed by atoms with Gasteiger partial charge in [0.1, 0.15) is 0 Å². The van der Waals surface area contributed by atoms with Gasteiger partial charge in [0.2, 0.25) is 0 Å². The minimum atomic E-state index is -3.08. The highest BCUT2D eigenvalue weighted by Gasteiger charge is 2.05. The fourth-order valence-corrected chi connectivity index (χ4v) is 2.86. The molecule has 0 radical (unpaired) electrons. The summed E-state index contributed by atoms with van der Waals surface area (Å²) in [7, 11) is -3.08. The molecule has 1 rings (SSSR count). The lowest BCUT2D eigenvalue weighted by Gasteiger charge is -2.07. The topological polar surface area (TPSA) is 46.2 Å². The van der Waals surface area contributed by atoms with Crippen LogP contribution in [0.3, 0.4) is 0 Å². The first-order valence-electron chi connectivity index (χ1n) is 6.03. The minimum absolute atomic E-state index is 0.379. The summed E-state index contributed by atoms with van der Waals surface area (Å²) in [4.78, 5) is 1.48. The van der Waals surface area contributed by atoms with Gasteiger partial charge in [-0.3, -0.25) is 0 Å². The Kier molecular flexibility index (Phi) is 6.18. The summed E-state index contributed by atoms with van der Waals surface area (Å²) >= 11 is 1.73. The van der Waals surface area contributed by atoms with E-state index in [2.05, 4.69) is 19.2 Å². The standard InChI is InChI=1S/C13H21NO2S2/c1-11(2)10-14-8-9-17-12-4-6-13(7-5-12)18(3,15)16/h4-7,11,14H,8-10H2,1-3H3. The van der Waals surface area contributed by atoms with Gasteiger partial charge in [0.15, 0.2) is 9.84 Å². The maximum atomic E-state index is 11.3. The van der Waals surface area contributed by atoms with E-state index in [0.717, 1.165) is 23.7 Å². The lowest BCUT2D eigenvalue weighted by Crippen LogP contribution is -2.22. The summed E-state index contributed by atoms with van der Waals surface area (Å²) in [6.45, 7) is 6.37. The van der Waals surface area contributed by atoms with E-state index in [0.29, 0.717) is 10.8 Å². The Balaban J connectivity index is 2.36. The second-order valence-electron chi connectivity index (χ2n) is 4.69. The van der Waals surface area contributed by atoms with E-state index in [1.165, 1.54) is 6.26 Å². The Morgan fingerprint density at radius 3 is 2.33 bits per heavy atom. The summed E-state index contributed by atoms with van der Waals surface area (Å²) in [6.07, 6.45) is 1.23. The molecule has 0 unspecified atom stereocenters. The normalized spacial score (nSPS) is 12.0. The fraction of sp³-hybridized carbons (Fsp3) is 0.538. The van der Waals surface area contributed by atoms with Gasteiger partial charge in [0, 0.05) is 23.4 Å². The maximum absolute atomic E-state index is 11.3. The number of benzene rings is 1. The lowest BCUT2D eigenvalue weighted by molar-refractivity contribution is 0.568. The molecule has 0 spiro atoms. The number of nitrogens with one attached hydrogen (secondary N) is 1. The van der Waals surface area contributed by atoms with Crippen molar-refractivity contribution in [2.75, 3.05) is 25.1 Å². The van der Waals surface area contributed by atoms with Crippen molar-refractivity contribution in [3.8, 4) is 0 Å². The molecular weight excluding hydrogens is 266 g/mol. The molecule has 0 amide bonds. The van der Waals surface area contributed by atoms with Crippen molar-refractivity contribution < 1.29 is 8.42 Å². The summed E-state index contributed by atoms with van der Waals surface area (Å²) in [5.74, 6) is 1.66. The highest BCUT2D eigenvalue weighted by molar-refractivity contribution is 7.99.